The quantitative estimate of drug-likeness (QED) is 0.364. The molecule has 0 spiro atoms. The summed E-state index contributed by atoms with van der Waals surface area (Å²) in [7, 11) is 0. The topological polar surface area (TPSA) is 69.6 Å². The normalized spacial score (nSPS) is 11.0. The molecule has 0 aliphatic heterocycles. The molecule has 0 radical (unpaired) electrons. The fourth-order valence-electron chi connectivity index (χ4n) is 3.32. The minimum atomic E-state index is -2.82. The van der Waals surface area contributed by atoms with Crippen molar-refractivity contribution in [1.82, 2.24) is 24.7 Å². The fraction of sp³-hybridized carbons (Fsp3) is 0.0833. The van der Waals surface area contributed by atoms with E-state index in [0.29, 0.717) is 23.4 Å². The van der Waals surface area contributed by atoms with Crippen LogP contribution in [0.15, 0.2) is 71.5 Å². The molecule has 0 saturated heterocycles. The average molecular weight is 445 g/mol. The molecule has 33 heavy (non-hydrogen) atoms. The van der Waals surface area contributed by atoms with Gasteiger partial charge in [-0.3, -0.25) is 4.98 Å². The van der Waals surface area contributed by atoms with Crippen LogP contribution in [0.3, 0.4) is 0 Å². The van der Waals surface area contributed by atoms with Crippen LogP contribution in [0.2, 0.25) is 0 Å². The maximum absolute atomic E-state index is 13.4. The summed E-state index contributed by atoms with van der Waals surface area (Å²) in [6.45, 7) is 0.469. The van der Waals surface area contributed by atoms with E-state index < -0.39 is 12.3 Å². The third-order valence-electron chi connectivity index (χ3n) is 4.88. The molecule has 0 fully saturated rings. The number of hydrogen-bond acceptors (Lipinski definition) is 5. The first-order valence-corrected chi connectivity index (χ1v) is 9.85. The predicted octanol–water partition coefficient (Wildman–Crippen LogP) is 5.01. The Kier molecular flexibility index (Phi) is 5.32. The first-order valence-electron chi connectivity index (χ1n) is 9.85. The molecule has 5 rings (SSSR count). The van der Waals surface area contributed by atoms with E-state index in [2.05, 4.69) is 32.0 Å². The van der Waals surface area contributed by atoms with E-state index in [4.69, 9.17) is 4.42 Å². The van der Waals surface area contributed by atoms with Gasteiger partial charge >= 0.3 is 6.43 Å². The molecule has 4 heterocycles. The molecule has 1 aromatic carbocycles. The number of pyridine rings is 2. The van der Waals surface area contributed by atoms with Gasteiger partial charge in [-0.05, 0) is 48.4 Å². The van der Waals surface area contributed by atoms with Gasteiger partial charge in [0.15, 0.2) is 0 Å². The summed E-state index contributed by atoms with van der Waals surface area (Å²) in [4.78, 5) is 8.73. The molecule has 0 bridgehead atoms. The lowest BCUT2D eigenvalue weighted by molar-refractivity contribution is 0.116. The van der Waals surface area contributed by atoms with E-state index in [1.807, 2.05) is 22.9 Å². The van der Waals surface area contributed by atoms with Crippen LogP contribution in [0, 0.1) is 17.7 Å². The Bertz CT molecular complexity index is 1500. The largest absolute Gasteiger partial charge is 0.415 e. The zero-order valence-electron chi connectivity index (χ0n) is 16.9. The van der Waals surface area contributed by atoms with Crippen molar-refractivity contribution in [3.8, 4) is 23.3 Å². The van der Waals surface area contributed by atoms with Gasteiger partial charge in [-0.2, -0.15) is 8.78 Å². The fourth-order valence-corrected chi connectivity index (χ4v) is 3.32. The van der Waals surface area contributed by atoms with E-state index in [1.54, 1.807) is 30.5 Å². The van der Waals surface area contributed by atoms with Crippen molar-refractivity contribution >= 4 is 10.9 Å². The second kappa shape index (κ2) is 8.59. The Morgan fingerprint density at radius 2 is 1.91 bits per heavy atom. The number of benzene rings is 1. The standard InChI is InChI=1S/C24H14F3N5O/c25-17-3-1-2-15(12-17)4-7-20-19-9-11-32(21(19)8-10-28-20)14-18-6-5-16(13-29-18)23-30-31-24(33-23)22(26)27/h1-3,5-6,8-13,22H,14H2. The second-order valence-electron chi connectivity index (χ2n) is 7.08. The van der Waals surface area contributed by atoms with Gasteiger partial charge in [0.2, 0.25) is 5.89 Å². The number of hydrogen-bond donors (Lipinski definition) is 0. The van der Waals surface area contributed by atoms with Crippen LogP contribution in [0.1, 0.15) is 29.3 Å². The molecular weight excluding hydrogens is 431 g/mol. The first-order chi connectivity index (χ1) is 16.1. The van der Waals surface area contributed by atoms with Crippen molar-refractivity contribution in [2.75, 3.05) is 0 Å². The summed E-state index contributed by atoms with van der Waals surface area (Å²) in [6.07, 6.45) is 2.25. The zero-order chi connectivity index (χ0) is 22.8. The number of rotatable bonds is 4. The number of aromatic nitrogens is 5. The van der Waals surface area contributed by atoms with E-state index in [1.165, 1.54) is 18.3 Å². The third-order valence-corrected chi connectivity index (χ3v) is 4.88. The summed E-state index contributed by atoms with van der Waals surface area (Å²) in [6, 6.07) is 13.3. The summed E-state index contributed by atoms with van der Waals surface area (Å²) in [5, 5.41) is 7.81. The van der Waals surface area contributed by atoms with Crippen molar-refractivity contribution in [2.45, 2.75) is 13.0 Å². The molecule has 0 atom stereocenters. The number of alkyl halides is 2. The van der Waals surface area contributed by atoms with Crippen LogP contribution in [-0.2, 0) is 6.54 Å². The van der Waals surface area contributed by atoms with Gasteiger partial charge in [0.25, 0.3) is 5.89 Å². The first kappa shape index (κ1) is 20.5. The Morgan fingerprint density at radius 3 is 2.67 bits per heavy atom. The van der Waals surface area contributed by atoms with Crippen molar-refractivity contribution in [3.63, 3.8) is 0 Å². The number of halogens is 3. The van der Waals surface area contributed by atoms with Gasteiger partial charge in [0.05, 0.1) is 23.3 Å². The van der Waals surface area contributed by atoms with Gasteiger partial charge in [0.1, 0.15) is 11.5 Å². The summed E-state index contributed by atoms with van der Waals surface area (Å²) < 4.78 is 45.6. The average Bonchev–Trinajstić information content (AvgIpc) is 3.47. The minimum absolute atomic E-state index is 0.0108. The van der Waals surface area contributed by atoms with Gasteiger partial charge in [0, 0.05) is 29.5 Å². The molecule has 5 aromatic rings. The summed E-state index contributed by atoms with van der Waals surface area (Å²) in [5.41, 5.74) is 3.27. The van der Waals surface area contributed by atoms with Crippen LogP contribution in [-0.4, -0.2) is 24.7 Å². The lowest BCUT2D eigenvalue weighted by atomic mass is 10.2. The zero-order valence-corrected chi connectivity index (χ0v) is 16.9. The maximum atomic E-state index is 13.4. The molecular formula is C24H14F3N5O. The van der Waals surface area contributed by atoms with E-state index in [-0.39, 0.29) is 11.7 Å². The van der Waals surface area contributed by atoms with Crippen LogP contribution < -0.4 is 0 Å². The highest BCUT2D eigenvalue weighted by Gasteiger charge is 2.17. The van der Waals surface area contributed by atoms with Gasteiger partial charge < -0.3 is 8.98 Å². The highest BCUT2D eigenvalue weighted by Crippen LogP contribution is 2.23. The van der Waals surface area contributed by atoms with Gasteiger partial charge in [-0.25, -0.2) is 9.37 Å². The molecule has 162 valence electrons. The van der Waals surface area contributed by atoms with Crippen molar-refractivity contribution < 1.29 is 17.6 Å². The summed E-state index contributed by atoms with van der Waals surface area (Å²) >= 11 is 0. The molecule has 0 aliphatic rings. The van der Waals surface area contributed by atoms with E-state index in [9.17, 15) is 13.2 Å². The molecule has 0 N–H and O–H groups in total. The molecule has 6 nitrogen and oxygen atoms in total. The van der Waals surface area contributed by atoms with Crippen LogP contribution in [0.25, 0.3) is 22.4 Å². The van der Waals surface area contributed by atoms with E-state index >= 15 is 0 Å². The Morgan fingerprint density at radius 1 is 1.00 bits per heavy atom. The lowest BCUT2D eigenvalue weighted by Crippen LogP contribution is -2.00. The highest BCUT2D eigenvalue weighted by molar-refractivity contribution is 5.85. The van der Waals surface area contributed by atoms with Gasteiger partial charge in [-0.1, -0.05) is 12.0 Å². The number of nitrogens with zero attached hydrogens (tertiary/aromatic N) is 5. The SMILES string of the molecule is Fc1cccc(C#Cc2nccc3c2ccn3Cc2ccc(-c3nnc(C(F)F)o3)cn2)c1. The molecule has 0 unspecified atom stereocenters. The predicted molar refractivity (Wildman–Crippen MR) is 114 cm³/mol. The number of fused-ring (bicyclic) bond motifs is 1. The monoisotopic (exact) mass is 445 g/mol. The minimum Gasteiger partial charge on any atom is -0.415 e. The lowest BCUT2D eigenvalue weighted by Gasteiger charge is -2.06. The van der Waals surface area contributed by atoms with Crippen molar-refractivity contribution in [3.05, 3.63) is 95.8 Å². The molecule has 9 heteroatoms. The molecule has 0 amide bonds. The van der Waals surface area contributed by atoms with Crippen LogP contribution in [0.4, 0.5) is 13.2 Å². The van der Waals surface area contributed by atoms with Crippen molar-refractivity contribution in [2.24, 2.45) is 0 Å². The summed E-state index contributed by atoms with van der Waals surface area (Å²) in [5.74, 6) is 4.88. The van der Waals surface area contributed by atoms with Crippen LogP contribution >= 0.6 is 0 Å². The molecule has 4 aromatic heterocycles. The highest BCUT2D eigenvalue weighted by atomic mass is 19.3. The Balaban J connectivity index is 1.38. The maximum Gasteiger partial charge on any atom is 0.314 e. The smallest absolute Gasteiger partial charge is 0.314 e. The third kappa shape index (κ3) is 4.32. The van der Waals surface area contributed by atoms with E-state index in [0.717, 1.165) is 16.6 Å². The molecule has 0 saturated carbocycles. The molecule has 0 aliphatic carbocycles. The van der Waals surface area contributed by atoms with Crippen LogP contribution in [0.5, 0.6) is 0 Å². The van der Waals surface area contributed by atoms with Gasteiger partial charge in [-0.15, -0.1) is 10.2 Å². The van der Waals surface area contributed by atoms with Crippen molar-refractivity contribution in [1.29, 1.82) is 0 Å². The Labute approximate surface area is 185 Å². The Hall–Kier alpha value is -4.45. The second-order valence-corrected chi connectivity index (χ2v) is 7.08.